The SMILES string of the molecule is COc1c(Cl)ccc(Cl)c1C(=O)NCc1nn2cnnc2s1. The van der Waals surface area contributed by atoms with Gasteiger partial charge in [-0.25, -0.2) is 0 Å². The highest BCUT2D eigenvalue weighted by atomic mass is 35.5. The second-order valence-corrected chi connectivity index (χ2v) is 6.03. The summed E-state index contributed by atoms with van der Waals surface area (Å²) in [7, 11) is 1.43. The van der Waals surface area contributed by atoms with Crippen molar-refractivity contribution in [3.8, 4) is 5.75 Å². The van der Waals surface area contributed by atoms with Gasteiger partial charge in [0.25, 0.3) is 5.91 Å². The smallest absolute Gasteiger partial charge is 0.256 e. The van der Waals surface area contributed by atoms with Crippen LogP contribution in [0.3, 0.4) is 0 Å². The molecule has 0 aliphatic carbocycles. The van der Waals surface area contributed by atoms with Crippen LogP contribution >= 0.6 is 34.5 Å². The van der Waals surface area contributed by atoms with Gasteiger partial charge in [0, 0.05) is 0 Å². The first-order valence-electron chi connectivity index (χ1n) is 6.06. The van der Waals surface area contributed by atoms with E-state index in [1.807, 2.05) is 0 Å². The molecule has 114 valence electrons. The van der Waals surface area contributed by atoms with E-state index in [0.717, 1.165) is 0 Å². The highest BCUT2D eigenvalue weighted by Gasteiger charge is 2.19. The van der Waals surface area contributed by atoms with E-state index in [1.165, 1.54) is 24.8 Å². The average molecular weight is 358 g/mol. The van der Waals surface area contributed by atoms with Gasteiger partial charge in [0.15, 0.2) is 5.75 Å². The number of aromatic nitrogens is 4. The minimum absolute atomic E-state index is 0.194. The molecule has 0 aliphatic heterocycles. The zero-order chi connectivity index (χ0) is 15.7. The molecule has 3 aromatic rings. The van der Waals surface area contributed by atoms with E-state index in [9.17, 15) is 4.79 Å². The molecule has 0 saturated carbocycles. The number of nitrogens with one attached hydrogen (secondary N) is 1. The lowest BCUT2D eigenvalue weighted by atomic mass is 10.2. The number of carbonyl (C=O) groups excluding carboxylic acids is 1. The molecule has 3 rings (SSSR count). The third-order valence-electron chi connectivity index (χ3n) is 2.82. The second-order valence-electron chi connectivity index (χ2n) is 4.17. The standard InChI is InChI=1S/C12H9Cl2N5O2S/c1-21-10-7(14)3-2-6(13)9(10)11(20)15-4-8-18-19-5-16-17-12(19)22-8/h2-3,5H,4H2,1H3,(H,15,20). The van der Waals surface area contributed by atoms with Gasteiger partial charge in [-0.2, -0.15) is 9.61 Å². The van der Waals surface area contributed by atoms with Crippen molar-refractivity contribution in [1.29, 1.82) is 0 Å². The molecular weight excluding hydrogens is 349 g/mol. The minimum atomic E-state index is -0.393. The predicted molar refractivity (Wildman–Crippen MR) is 82.8 cm³/mol. The number of hydrogen-bond donors (Lipinski definition) is 1. The quantitative estimate of drug-likeness (QED) is 0.775. The summed E-state index contributed by atoms with van der Waals surface area (Å²) in [5.74, 6) is -0.153. The maximum absolute atomic E-state index is 12.3. The zero-order valence-corrected chi connectivity index (χ0v) is 13.5. The van der Waals surface area contributed by atoms with Gasteiger partial charge in [-0.1, -0.05) is 34.5 Å². The molecule has 0 radical (unpaired) electrons. The van der Waals surface area contributed by atoms with E-state index in [1.54, 1.807) is 16.6 Å². The van der Waals surface area contributed by atoms with E-state index in [2.05, 4.69) is 20.6 Å². The van der Waals surface area contributed by atoms with Crippen LogP contribution in [0.1, 0.15) is 15.4 Å². The molecule has 0 saturated heterocycles. The molecule has 0 fully saturated rings. The summed E-state index contributed by atoms with van der Waals surface area (Å²) in [6.45, 7) is 0.235. The Morgan fingerprint density at radius 2 is 2.18 bits per heavy atom. The van der Waals surface area contributed by atoms with Crippen LogP contribution in [0, 0.1) is 0 Å². The van der Waals surface area contributed by atoms with Crippen molar-refractivity contribution in [3.05, 3.63) is 39.1 Å². The number of nitrogens with zero attached hydrogens (tertiary/aromatic N) is 4. The van der Waals surface area contributed by atoms with E-state index in [-0.39, 0.29) is 22.9 Å². The molecule has 1 aromatic carbocycles. The zero-order valence-electron chi connectivity index (χ0n) is 11.2. The molecule has 7 nitrogen and oxygen atoms in total. The Balaban J connectivity index is 1.80. The van der Waals surface area contributed by atoms with Crippen molar-refractivity contribution < 1.29 is 9.53 Å². The first-order valence-corrected chi connectivity index (χ1v) is 7.63. The number of hydrogen-bond acceptors (Lipinski definition) is 6. The van der Waals surface area contributed by atoms with Gasteiger partial charge >= 0.3 is 0 Å². The Morgan fingerprint density at radius 3 is 2.91 bits per heavy atom. The molecule has 0 unspecified atom stereocenters. The van der Waals surface area contributed by atoms with Crippen LogP contribution in [0.25, 0.3) is 4.96 Å². The van der Waals surface area contributed by atoms with Crippen molar-refractivity contribution >= 4 is 45.4 Å². The van der Waals surface area contributed by atoms with Gasteiger partial charge in [-0.3, -0.25) is 4.79 Å². The number of fused-ring (bicyclic) bond motifs is 1. The number of methoxy groups -OCH3 is 1. The fourth-order valence-electron chi connectivity index (χ4n) is 1.86. The Bertz CT molecular complexity index is 819. The van der Waals surface area contributed by atoms with Crippen molar-refractivity contribution in [1.82, 2.24) is 25.1 Å². The van der Waals surface area contributed by atoms with Crippen LogP contribution in [-0.4, -0.2) is 32.8 Å². The lowest BCUT2D eigenvalue weighted by molar-refractivity contribution is 0.0948. The summed E-state index contributed by atoms with van der Waals surface area (Å²) in [5, 5.41) is 15.8. The van der Waals surface area contributed by atoms with E-state index < -0.39 is 5.91 Å². The first kappa shape index (κ1) is 15.0. The van der Waals surface area contributed by atoms with Crippen LogP contribution in [0.4, 0.5) is 0 Å². The fraction of sp³-hybridized carbons (Fsp3) is 0.167. The van der Waals surface area contributed by atoms with Crippen molar-refractivity contribution in [2.24, 2.45) is 0 Å². The third-order valence-corrected chi connectivity index (χ3v) is 4.34. The van der Waals surface area contributed by atoms with E-state index in [0.29, 0.717) is 15.0 Å². The highest BCUT2D eigenvalue weighted by Crippen LogP contribution is 2.33. The summed E-state index contributed by atoms with van der Waals surface area (Å²) >= 11 is 13.4. The van der Waals surface area contributed by atoms with Crippen LogP contribution < -0.4 is 10.1 Å². The Hall–Kier alpha value is -1.90. The molecule has 22 heavy (non-hydrogen) atoms. The summed E-state index contributed by atoms with van der Waals surface area (Å²) < 4.78 is 6.69. The highest BCUT2D eigenvalue weighted by molar-refractivity contribution is 7.16. The van der Waals surface area contributed by atoms with Crippen molar-refractivity contribution in [2.45, 2.75) is 6.54 Å². The number of halogens is 2. The lowest BCUT2D eigenvalue weighted by Gasteiger charge is -2.11. The van der Waals surface area contributed by atoms with Crippen molar-refractivity contribution in [3.63, 3.8) is 0 Å². The van der Waals surface area contributed by atoms with Gasteiger partial charge in [0.05, 0.1) is 23.7 Å². The van der Waals surface area contributed by atoms with Gasteiger partial charge in [-0.15, -0.1) is 10.2 Å². The van der Waals surface area contributed by atoms with Crippen LogP contribution in [0.15, 0.2) is 18.5 Å². The van der Waals surface area contributed by atoms with E-state index >= 15 is 0 Å². The molecule has 2 aromatic heterocycles. The second kappa shape index (κ2) is 6.07. The van der Waals surface area contributed by atoms with Gasteiger partial charge < -0.3 is 10.1 Å². The first-order chi connectivity index (χ1) is 10.6. The number of rotatable bonds is 4. The number of benzene rings is 1. The summed E-state index contributed by atoms with van der Waals surface area (Å²) in [6, 6.07) is 3.12. The van der Waals surface area contributed by atoms with Gasteiger partial charge in [-0.05, 0) is 12.1 Å². The summed E-state index contributed by atoms with van der Waals surface area (Å²) in [6.07, 6.45) is 1.49. The third kappa shape index (κ3) is 2.72. The summed E-state index contributed by atoms with van der Waals surface area (Å²) in [5.41, 5.74) is 0.194. The molecule has 2 heterocycles. The Kier molecular flexibility index (Phi) is 4.14. The van der Waals surface area contributed by atoms with Crippen LogP contribution in [-0.2, 0) is 6.54 Å². The number of carbonyl (C=O) groups is 1. The molecule has 0 atom stereocenters. The molecule has 0 spiro atoms. The fourth-order valence-corrected chi connectivity index (χ4v) is 3.08. The molecule has 0 bridgehead atoms. The summed E-state index contributed by atoms with van der Waals surface area (Å²) in [4.78, 5) is 13.0. The van der Waals surface area contributed by atoms with Gasteiger partial charge in [0.2, 0.25) is 4.96 Å². The Labute approximate surface area is 138 Å². The minimum Gasteiger partial charge on any atom is -0.494 e. The lowest BCUT2D eigenvalue weighted by Crippen LogP contribution is -2.23. The maximum atomic E-state index is 12.3. The molecule has 1 amide bonds. The van der Waals surface area contributed by atoms with Gasteiger partial charge in [0.1, 0.15) is 16.9 Å². The Morgan fingerprint density at radius 1 is 1.41 bits per heavy atom. The van der Waals surface area contributed by atoms with E-state index in [4.69, 9.17) is 27.9 Å². The topological polar surface area (TPSA) is 81.4 Å². The predicted octanol–water partition coefficient (Wildman–Crippen LogP) is 2.43. The molecule has 1 N–H and O–H groups in total. The largest absolute Gasteiger partial charge is 0.494 e. The monoisotopic (exact) mass is 357 g/mol. The molecule has 10 heteroatoms. The van der Waals surface area contributed by atoms with Crippen molar-refractivity contribution in [2.75, 3.05) is 7.11 Å². The molecule has 0 aliphatic rings. The van der Waals surface area contributed by atoms with Crippen LogP contribution in [0.2, 0.25) is 10.0 Å². The van der Waals surface area contributed by atoms with Crippen LogP contribution in [0.5, 0.6) is 5.75 Å². The maximum Gasteiger partial charge on any atom is 0.256 e. The molecular formula is C12H9Cl2N5O2S. The number of amides is 1. The number of ether oxygens (including phenoxy) is 1. The average Bonchev–Trinajstić information content (AvgIpc) is 3.07. The normalized spacial score (nSPS) is 10.9.